The Bertz CT molecular complexity index is 15.1. The minimum absolute atomic E-state index is 1.09. The second-order valence-electron chi connectivity index (χ2n) is 0.546. The van der Waals surface area contributed by atoms with E-state index in [1.807, 2.05) is 0 Å². The van der Waals surface area contributed by atoms with E-state index in [2.05, 4.69) is 27.7 Å². The second kappa shape index (κ2) is 5.22. The van der Waals surface area contributed by atoms with Crippen molar-refractivity contribution in [3.05, 3.63) is 0 Å². The van der Waals surface area contributed by atoms with E-state index in [4.69, 9.17) is 0 Å². The van der Waals surface area contributed by atoms with Crippen LogP contribution < -0.4 is 0 Å². The molecular formula is C2H5S2Se-. The molecule has 5 heavy (non-hydrogen) atoms. The van der Waals surface area contributed by atoms with E-state index >= 15 is 0 Å². The maximum absolute atomic E-state index is 4.56. The molecule has 0 aromatic carbocycles. The van der Waals surface area contributed by atoms with Gasteiger partial charge >= 0.3 is 49.5 Å². The Morgan fingerprint density at radius 2 is 2.40 bits per heavy atom. The fourth-order valence-corrected chi connectivity index (χ4v) is 1.74. The first-order valence-corrected chi connectivity index (χ1v) is 4.51. The van der Waals surface area contributed by atoms with Gasteiger partial charge in [0, 0.05) is 0 Å². The van der Waals surface area contributed by atoms with Crippen molar-refractivity contribution in [3.63, 3.8) is 0 Å². The third kappa shape index (κ3) is 5.22. The summed E-state index contributed by atoms with van der Waals surface area (Å²) in [6.45, 7) is 0. The Hall–Kier alpha value is 1.22. The summed E-state index contributed by atoms with van der Waals surface area (Å²) in [5.41, 5.74) is 0. The minimum atomic E-state index is 1.09. The molecule has 32 valence electrons. The Morgan fingerprint density at radius 1 is 1.80 bits per heavy atom. The molecule has 0 radical (unpaired) electrons. The van der Waals surface area contributed by atoms with E-state index in [0.717, 1.165) is 11.1 Å². The first-order chi connectivity index (χ1) is 2.41. The summed E-state index contributed by atoms with van der Waals surface area (Å²) in [4.78, 5) is 0. The molecule has 0 N–H and O–H groups in total. The van der Waals surface area contributed by atoms with Crippen molar-refractivity contribution in [2.75, 3.05) is 5.75 Å². The average molecular weight is 172 g/mol. The van der Waals surface area contributed by atoms with Crippen LogP contribution in [0.15, 0.2) is 0 Å². The Labute approximate surface area is 49.7 Å². The maximum atomic E-state index is 4.56. The number of hydrogen-bond acceptors (Lipinski definition) is 2. The summed E-state index contributed by atoms with van der Waals surface area (Å²) in [6, 6.07) is 0. The van der Waals surface area contributed by atoms with Gasteiger partial charge in [0.25, 0.3) is 0 Å². The van der Waals surface area contributed by atoms with E-state index in [1.54, 1.807) is 0 Å². The van der Waals surface area contributed by atoms with Crippen molar-refractivity contribution in [3.8, 4) is 0 Å². The zero-order valence-electron chi connectivity index (χ0n) is 2.68. The summed E-state index contributed by atoms with van der Waals surface area (Å²) < 4.78 is 0. The molecule has 3 heteroatoms. The van der Waals surface area contributed by atoms with E-state index < -0.39 is 0 Å². The molecule has 0 atom stereocenters. The molecule has 0 aromatic heterocycles. The molecule has 0 saturated heterocycles. The molecule has 0 aliphatic rings. The van der Waals surface area contributed by atoms with Crippen LogP contribution in [0.3, 0.4) is 0 Å². The average Bonchev–Trinajstić information content (AvgIpc) is 1.41. The van der Waals surface area contributed by atoms with Crippen molar-refractivity contribution >= 4 is 38.5 Å². The summed E-state index contributed by atoms with van der Waals surface area (Å²) in [5, 5.41) is 1.14. The van der Waals surface area contributed by atoms with Gasteiger partial charge in [-0.2, -0.15) is 0 Å². The molecule has 0 amide bonds. The monoisotopic (exact) mass is 173 g/mol. The molecule has 0 fully saturated rings. The Balaban J connectivity index is 2.19. The van der Waals surface area contributed by atoms with Crippen LogP contribution in [-0.4, -0.2) is 21.8 Å². The predicted molar refractivity (Wildman–Crippen MR) is 31.8 cm³/mol. The zero-order valence-corrected chi connectivity index (χ0v) is 6.19. The standard InChI is InChI=1S/C2H6S2Se/c3-4-1-2-5/h3,5H,1-2H2/p-1. The molecular weight excluding hydrogens is 167 g/mol. The van der Waals surface area contributed by atoms with Crippen LogP contribution in [0, 0.1) is 0 Å². The SMILES string of the molecule is [S-]SCC[SeH]. The molecule has 0 heterocycles. The molecule has 0 nitrogen and oxygen atoms in total. The second-order valence-corrected chi connectivity index (χ2v) is 2.83. The van der Waals surface area contributed by atoms with Crippen LogP contribution in [-0.2, 0) is 11.7 Å². The van der Waals surface area contributed by atoms with Gasteiger partial charge in [-0.3, -0.25) is 0 Å². The summed E-state index contributed by atoms with van der Waals surface area (Å²) in [5.74, 6) is 1.09. The summed E-state index contributed by atoms with van der Waals surface area (Å²) in [6.07, 6.45) is 0. The molecule has 0 saturated carbocycles. The first-order valence-electron chi connectivity index (χ1n) is 1.27. The molecule has 0 spiro atoms. The fourth-order valence-electron chi connectivity index (χ4n) is 0.0373. The van der Waals surface area contributed by atoms with Crippen LogP contribution in [0.2, 0.25) is 5.32 Å². The Morgan fingerprint density at radius 3 is 2.40 bits per heavy atom. The van der Waals surface area contributed by atoms with Crippen LogP contribution in [0.4, 0.5) is 0 Å². The van der Waals surface area contributed by atoms with Gasteiger partial charge in [-0.15, -0.1) is 0 Å². The summed E-state index contributed by atoms with van der Waals surface area (Å²) in [7, 11) is 1.47. The van der Waals surface area contributed by atoms with Gasteiger partial charge in [0.15, 0.2) is 0 Å². The van der Waals surface area contributed by atoms with Gasteiger partial charge in [-0.05, 0) is 0 Å². The van der Waals surface area contributed by atoms with Crippen molar-refractivity contribution in [1.82, 2.24) is 0 Å². The van der Waals surface area contributed by atoms with Gasteiger partial charge in [0.05, 0.1) is 0 Å². The van der Waals surface area contributed by atoms with Crippen molar-refractivity contribution in [1.29, 1.82) is 0 Å². The van der Waals surface area contributed by atoms with E-state index in [0.29, 0.717) is 0 Å². The van der Waals surface area contributed by atoms with Crippen molar-refractivity contribution in [2.24, 2.45) is 0 Å². The third-order valence-electron chi connectivity index (χ3n) is 0.175. The zero-order chi connectivity index (χ0) is 4.12. The van der Waals surface area contributed by atoms with E-state index in [9.17, 15) is 0 Å². The van der Waals surface area contributed by atoms with Gasteiger partial charge < -0.3 is 0 Å². The van der Waals surface area contributed by atoms with E-state index in [1.165, 1.54) is 10.8 Å². The molecule has 0 aliphatic heterocycles. The van der Waals surface area contributed by atoms with Crippen LogP contribution in [0.25, 0.3) is 0 Å². The summed E-state index contributed by atoms with van der Waals surface area (Å²) >= 11 is 7.05. The van der Waals surface area contributed by atoms with Gasteiger partial charge in [0.1, 0.15) is 0 Å². The van der Waals surface area contributed by atoms with Crippen molar-refractivity contribution in [2.45, 2.75) is 5.32 Å². The van der Waals surface area contributed by atoms with Crippen LogP contribution in [0.1, 0.15) is 0 Å². The van der Waals surface area contributed by atoms with Crippen molar-refractivity contribution < 1.29 is 0 Å². The molecule has 0 bridgehead atoms. The number of rotatable bonds is 2. The van der Waals surface area contributed by atoms with Crippen LogP contribution >= 0.6 is 10.8 Å². The number of hydrogen-bond donors (Lipinski definition) is 0. The van der Waals surface area contributed by atoms with E-state index in [-0.39, 0.29) is 0 Å². The quantitative estimate of drug-likeness (QED) is 0.338. The molecule has 0 unspecified atom stereocenters. The first kappa shape index (κ1) is 6.22. The molecule has 0 aromatic rings. The van der Waals surface area contributed by atoms with Gasteiger partial charge in [-0.25, -0.2) is 0 Å². The molecule has 0 aliphatic carbocycles. The van der Waals surface area contributed by atoms with Gasteiger partial charge in [-0.1, -0.05) is 0 Å². The topological polar surface area (TPSA) is 0 Å². The predicted octanol–water partition coefficient (Wildman–Crippen LogP) is 0.501. The van der Waals surface area contributed by atoms with Gasteiger partial charge in [0.2, 0.25) is 0 Å². The third-order valence-corrected chi connectivity index (χ3v) is 2.17. The van der Waals surface area contributed by atoms with Crippen LogP contribution in [0.5, 0.6) is 0 Å². The fraction of sp³-hybridized carbons (Fsp3) is 1.00. The normalized spacial score (nSPS) is 8.40. The Kier molecular flexibility index (Phi) is 6.49. The molecule has 0 rings (SSSR count).